The molecule has 0 unspecified atom stereocenters. The topological polar surface area (TPSA) is 97.8 Å². The van der Waals surface area contributed by atoms with E-state index in [1.54, 1.807) is 0 Å². The Bertz CT molecular complexity index is 860. The normalized spacial score (nSPS) is 24.5. The maximum Gasteiger partial charge on any atom is 0.309 e. The van der Waals surface area contributed by atoms with Crippen LogP contribution in [0.3, 0.4) is 0 Å². The smallest absolute Gasteiger partial charge is 0.309 e. The van der Waals surface area contributed by atoms with Crippen LogP contribution >= 0.6 is 0 Å². The Labute approximate surface area is 165 Å². The van der Waals surface area contributed by atoms with Crippen molar-refractivity contribution >= 4 is 33.2 Å². The van der Waals surface area contributed by atoms with Gasteiger partial charge in [-0.15, -0.1) is 0 Å². The Balaban J connectivity index is 1.55. The number of rotatable bonds is 6. The molecule has 1 aromatic carbocycles. The summed E-state index contributed by atoms with van der Waals surface area (Å²) >= 11 is 0. The van der Waals surface area contributed by atoms with Gasteiger partial charge in [0.1, 0.15) is 5.78 Å². The number of carbonyl (C=O) groups is 3. The molecule has 2 fully saturated rings. The van der Waals surface area contributed by atoms with E-state index in [2.05, 4.69) is 0 Å². The number of nitrogens with zero attached hydrogens (tertiary/aromatic N) is 1. The van der Waals surface area contributed by atoms with Crippen LogP contribution in [-0.2, 0) is 24.3 Å². The molecule has 2 aliphatic carbocycles. The van der Waals surface area contributed by atoms with Crippen LogP contribution in [0.2, 0.25) is 0 Å². The number of esters is 1. The van der Waals surface area contributed by atoms with Crippen molar-refractivity contribution in [1.29, 1.82) is 0 Å². The van der Waals surface area contributed by atoms with Crippen LogP contribution in [0.25, 0.3) is 0 Å². The molecule has 0 saturated heterocycles. The molecule has 0 heterocycles. The van der Waals surface area contributed by atoms with E-state index in [1.165, 1.54) is 31.3 Å². The van der Waals surface area contributed by atoms with Crippen LogP contribution < -0.4 is 4.31 Å². The lowest BCUT2D eigenvalue weighted by Crippen LogP contribution is -2.39. The molecule has 28 heavy (non-hydrogen) atoms. The highest BCUT2D eigenvalue weighted by Gasteiger charge is 2.41. The molecule has 0 spiro atoms. The molecule has 1 aromatic rings. The highest BCUT2D eigenvalue weighted by molar-refractivity contribution is 7.92. The van der Waals surface area contributed by atoms with Crippen LogP contribution in [0, 0.1) is 17.8 Å². The van der Waals surface area contributed by atoms with Crippen molar-refractivity contribution in [3.8, 4) is 0 Å². The molecule has 0 N–H and O–H groups in total. The molecule has 0 amide bonds. The average Bonchev–Trinajstić information content (AvgIpc) is 2.64. The van der Waals surface area contributed by atoms with E-state index in [4.69, 9.17) is 4.74 Å². The van der Waals surface area contributed by atoms with E-state index in [9.17, 15) is 22.8 Å². The number of hydrogen-bond donors (Lipinski definition) is 0. The number of benzene rings is 1. The molecule has 2 aliphatic rings. The second-order valence-electron chi connectivity index (χ2n) is 7.70. The van der Waals surface area contributed by atoms with Crippen LogP contribution in [0.4, 0.5) is 5.69 Å². The van der Waals surface area contributed by atoms with Crippen molar-refractivity contribution in [1.82, 2.24) is 0 Å². The lowest BCUT2D eigenvalue weighted by molar-refractivity contribution is -0.152. The van der Waals surface area contributed by atoms with E-state index >= 15 is 0 Å². The maximum absolute atomic E-state index is 12.4. The van der Waals surface area contributed by atoms with Crippen molar-refractivity contribution in [2.75, 3.05) is 24.2 Å². The van der Waals surface area contributed by atoms with Crippen LogP contribution in [-0.4, -0.2) is 45.9 Å². The van der Waals surface area contributed by atoms with Crippen molar-refractivity contribution < 1.29 is 27.5 Å². The summed E-state index contributed by atoms with van der Waals surface area (Å²) in [5.41, 5.74) is 0.781. The zero-order valence-electron chi connectivity index (χ0n) is 16.1. The summed E-state index contributed by atoms with van der Waals surface area (Å²) in [7, 11) is -1.95. The first-order chi connectivity index (χ1) is 13.2. The number of carbonyl (C=O) groups excluding carboxylic acids is 3. The monoisotopic (exact) mass is 407 g/mol. The van der Waals surface area contributed by atoms with E-state index in [1.807, 2.05) is 0 Å². The first kappa shape index (κ1) is 20.5. The summed E-state index contributed by atoms with van der Waals surface area (Å²) in [4.78, 5) is 36.8. The van der Waals surface area contributed by atoms with Gasteiger partial charge in [-0.2, -0.15) is 0 Å². The van der Waals surface area contributed by atoms with Gasteiger partial charge >= 0.3 is 5.97 Å². The Kier molecular flexibility index (Phi) is 5.88. The first-order valence-electron chi connectivity index (χ1n) is 9.44. The van der Waals surface area contributed by atoms with Gasteiger partial charge in [0.05, 0.1) is 17.9 Å². The van der Waals surface area contributed by atoms with Crippen LogP contribution in [0.5, 0.6) is 0 Å². The third kappa shape index (κ3) is 4.43. The Morgan fingerprint density at radius 1 is 1.11 bits per heavy atom. The fourth-order valence-electron chi connectivity index (χ4n) is 4.06. The molecule has 0 aliphatic heterocycles. The number of ether oxygens (including phenoxy) is 1. The van der Waals surface area contributed by atoms with Crippen molar-refractivity contribution in [3.63, 3.8) is 0 Å². The van der Waals surface area contributed by atoms with Crippen LogP contribution in [0.15, 0.2) is 24.3 Å². The zero-order chi connectivity index (χ0) is 20.5. The number of ketones is 2. The number of sulfonamides is 1. The zero-order valence-corrected chi connectivity index (χ0v) is 16.9. The Morgan fingerprint density at radius 2 is 1.68 bits per heavy atom. The fourth-order valence-corrected chi connectivity index (χ4v) is 4.56. The lowest BCUT2D eigenvalue weighted by Gasteiger charge is -2.36. The van der Waals surface area contributed by atoms with Crippen LogP contribution in [0.1, 0.15) is 42.5 Å². The second kappa shape index (κ2) is 8.03. The second-order valence-corrected chi connectivity index (χ2v) is 9.72. The standard InChI is InChI=1S/C20H25NO6S/c1-21(28(2,25)26)17-8-6-13(7-9-17)18(22)12-27-20(24)16-10-14-4-3-5-15(11-16)19(14)23/h6-9,14-16H,3-5,10-12H2,1-2H3/t14-,15-/m1/s1. The van der Waals surface area contributed by atoms with E-state index in [-0.39, 0.29) is 35.9 Å². The van der Waals surface area contributed by atoms with Crippen molar-refractivity contribution in [2.24, 2.45) is 17.8 Å². The molecule has 152 valence electrons. The molecule has 2 atom stereocenters. The van der Waals surface area contributed by atoms with Gasteiger partial charge in [-0.1, -0.05) is 6.42 Å². The minimum absolute atomic E-state index is 0.0415. The summed E-state index contributed by atoms with van der Waals surface area (Å²) in [6, 6.07) is 6.09. The first-order valence-corrected chi connectivity index (χ1v) is 11.3. The molecule has 2 saturated carbocycles. The number of fused-ring (bicyclic) bond motifs is 2. The summed E-state index contributed by atoms with van der Waals surface area (Å²) in [5, 5.41) is 0. The summed E-state index contributed by atoms with van der Waals surface area (Å²) in [6.45, 7) is -0.361. The van der Waals surface area contributed by atoms with Gasteiger partial charge in [0.15, 0.2) is 12.4 Å². The van der Waals surface area contributed by atoms with Gasteiger partial charge in [0, 0.05) is 24.4 Å². The van der Waals surface area contributed by atoms with Gasteiger partial charge in [-0.3, -0.25) is 18.7 Å². The predicted molar refractivity (Wildman–Crippen MR) is 104 cm³/mol. The number of Topliss-reactive ketones (excluding diaryl/α,β-unsaturated/α-hetero) is 2. The third-order valence-corrected chi connectivity index (χ3v) is 6.98. The van der Waals surface area contributed by atoms with E-state index in [0.717, 1.165) is 29.8 Å². The number of anilines is 1. The maximum atomic E-state index is 12.4. The Hall–Kier alpha value is -2.22. The SMILES string of the molecule is CN(c1ccc(C(=O)COC(=O)C2C[C@H]3CCC[C@H](C2)C3=O)cc1)S(C)(=O)=O. The minimum Gasteiger partial charge on any atom is -0.457 e. The molecule has 0 aromatic heterocycles. The molecule has 0 radical (unpaired) electrons. The van der Waals surface area contributed by atoms with Gasteiger partial charge in [0.25, 0.3) is 0 Å². The van der Waals surface area contributed by atoms with Gasteiger partial charge in [-0.25, -0.2) is 8.42 Å². The summed E-state index contributed by atoms with van der Waals surface area (Å²) < 4.78 is 29.4. The molecular formula is C20H25NO6S. The predicted octanol–water partition coefficient (Wildman–Crippen LogP) is 2.20. The van der Waals surface area contributed by atoms with E-state index < -0.39 is 16.0 Å². The molecule has 3 rings (SSSR count). The average molecular weight is 407 g/mol. The van der Waals surface area contributed by atoms with Crippen molar-refractivity contribution in [2.45, 2.75) is 32.1 Å². The highest BCUT2D eigenvalue weighted by Crippen LogP contribution is 2.40. The largest absolute Gasteiger partial charge is 0.457 e. The van der Waals surface area contributed by atoms with Crippen molar-refractivity contribution in [3.05, 3.63) is 29.8 Å². The van der Waals surface area contributed by atoms with Gasteiger partial charge < -0.3 is 4.74 Å². The third-order valence-electron chi connectivity index (χ3n) is 5.78. The molecular weight excluding hydrogens is 382 g/mol. The lowest BCUT2D eigenvalue weighted by atomic mass is 9.67. The quantitative estimate of drug-likeness (QED) is 0.530. The Morgan fingerprint density at radius 3 is 2.21 bits per heavy atom. The number of hydrogen-bond acceptors (Lipinski definition) is 6. The fraction of sp³-hybridized carbons (Fsp3) is 0.550. The molecule has 2 bridgehead atoms. The summed E-state index contributed by atoms with van der Waals surface area (Å²) in [5.74, 6) is -0.877. The highest BCUT2D eigenvalue weighted by atomic mass is 32.2. The summed E-state index contributed by atoms with van der Waals surface area (Å²) in [6.07, 6.45) is 4.85. The minimum atomic E-state index is -3.38. The molecule has 7 nitrogen and oxygen atoms in total. The molecule has 8 heteroatoms. The van der Waals surface area contributed by atoms with Gasteiger partial charge in [-0.05, 0) is 49.9 Å². The van der Waals surface area contributed by atoms with E-state index in [0.29, 0.717) is 24.1 Å². The van der Waals surface area contributed by atoms with Gasteiger partial charge in [0.2, 0.25) is 10.0 Å².